The van der Waals surface area contributed by atoms with Crippen LogP contribution in [0.4, 0.5) is 0 Å². The SMILES string of the molecule is Cc1ccc(OCc2cccc(C(=O)NCc3cn(C)nc3C)c2)c(C)c1. The summed E-state index contributed by atoms with van der Waals surface area (Å²) in [6.45, 7) is 6.92. The number of hydrogen-bond donors (Lipinski definition) is 1. The van der Waals surface area contributed by atoms with E-state index in [0.717, 1.165) is 28.1 Å². The van der Waals surface area contributed by atoms with Crippen LogP contribution in [-0.2, 0) is 20.2 Å². The molecule has 3 rings (SSSR count). The van der Waals surface area contributed by atoms with E-state index in [4.69, 9.17) is 4.74 Å². The van der Waals surface area contributed by atoms with Gasteiger partial charge in [0, 0.05) is 30.9 Å². The predicted molar refractivity (Wildman–Crippen MR) is 106 cm³/mol. The summed E-state index contributed by atoms with van der Waals surface area (Å²) in [6, 6.07) is 13.6. The van der Waals surface area contributed by atoms with Gasteiger partial charge < -0.3 is 10.1 Å². The summed E-state index contributed by atoms with van der Waals surface area (Å²) in [7, 11) is 1.87. The number of rotatable bonds is 6. The molecule has 0 aliphatic carbocycles. The van der Waals surface area contributed by atoms with E-state index >= 15 is 0 Å². The molecule has 1 aromatic heterocycles. The molecule has 0 saturated heterocycles. The quantitative estimate of drug-likeness (QED) is 0.724. The number of aromatic nitrogens is 2. The van der Waals surface area contributed by atoms with E-state index in [-0.39, 0.29) is 5.91 Å². The van der Waals surface area contributed by atoms with E-state index in [1.807, 2.05) is 63.5 Å². The molecule has 1 heterocycles. The summed E-state index contributed by atoms with van der Waals surface area (Å²) < 4.78 is 7.67. The highest BCUT2D eigenvalue weighted by Gasteiger charge is 2.09. The van der Waals surface area contributed by atoms with E-state index in [9.17, 15) is 4.79 Å². The Balaban J connectivity index is 1.62. The molecule has 0 atom stereocenters. The van der Waals surface area contributed by atoms with Gasteiger partial charge in [0.15, 0.2) is 0 Å². The van der Waals surface area contributed by atoms with Crippen molar-refractivity contribution in [2.24, 2.45) is 7.05 Å². The Morgan fingerprint density at radius 3 is 2.67 bits per heavy atom. The van der Waals surface area contributed by atoms with Crippen molar-refractivity contribution in [1.29, 1.82) is 0 Å². The molecule has 0 spiro atoms. The Bertz CT molecular complexity index is 960. The van der Waals surface area contributed by atoms with Crippen LogP contribution in [0.1, 0.15) is 38.3 Å². The van der Waals surface area contributed by atoms with Crippen LogP contribution in [0.25, 0.3) is 0 Å². The number of hydrogen-bond acceptors (Lipinski definition) is 3. The summed E-state index contributed by atoms with van der Waals surface area (Å²) >= 11 is 0. The number of nitrogens with one attached hydrogen (secondary N) is 1. The number of benzene rings is 2. The van der Waals surface area contributed by atoms with E-state index in [1.165, 1.54) is 5.56 Å². The average Bonchev–Trinajstić information content (AvgIpc) is 2.96. The van der Waals surface area contributed by atoms with E-state index in [0.29, 0.717) is 18.7 Å². The van der Waals surface area contributed by atoms with Crippen molar-refractivity contribution in [1.82, 2.24) is 15.1 Å². The molecule has 0 saturated carbocycles. The van der Waals surface area contributed by atoms with Gasteiger partial charge in [0.25, 0.3) is 5.91 Å². The smallest absolute Gasteiger partial charge is 0.251 e. The first-order valence-electron chi connectivity index (χ1n) is 8.98. The molecule has 5 nitrogen and oxygen atoms in total. The minimum atomic E-state index is -0.105. The lowest BCUT2D eigenvalue weighted by molar-refractivity contribution is 0.0950. The molecule has 140 valence electrons. The second-order valence-corrected chi connectivity index (χ2v) is 6.85. The molecule has 0 bridgehead atoms. The van der Waals surface area contributed by atoms with Gasteiger partial charge in [-0.1, -0.05) is 29.8 Å². The second-order valence-electron chi connectivity index (χ2n) is 6.85. The zero-order valence-corrected chi connectivity index (χ0v) is 16.2. The lowest BCUT2D eigenvalue weighted by Gasteiger charge is -2.11. The van der Waals surface area contributed by atoms with Crippen molar-refractivity contribution in [2.45, 2.75) is 33.9 Å². The molecule has 0 unspecified atom stereocenters. The van der Waals surface area contributed by atoms with Crippen LogP contribution in [-0.4, -0.2) is 15.7 Å². The topological polar surface area (TPSA) is 56.1 Å². The molecule has 0 aliphatic heterocycles. The van der Waals surface area contributed by atoms with Crippen LogP contribution in [0.2, 0.25) is 0 Å². The van der Waals surface area contributed by atoms with Crippen molar-refractivity contribution in [2.75, 3.05) is 0 Å². The Morgan fingerprint density at radius 2 is 1.96 bits per heavy atom. The molecule has 0 radical (unpaired) electrons. The summed E-state index contributed by atoms with van der Waals surface area (Å²) in [4.78, 5) is 12.5. The Hall–Kier alpha value is -3.08. The zero-order valence-electron chi connectivity index (χ0n) is 16.2. The zero-order chi connectivity index (χ0) is 19.4. The van der Waals surface area contributed by atoms with Crippen LogP contribution in [0.15, 0.2) is 48.7 Å². The first kappa shape index (κ1) is 18.7. The molecule has 5 heteroatoms. The highest BCUT2D eigenvalue weighted by Crippen LogP contribution is 2.20. The first-order valence-corrected chi connectivity index (χ1v) is 8.98. The van der Waals surface area contributed by atoms with Crippen molar-refractivity contribution in [3.05, 3.63) is 82.2 Å². The van der Waals surface area contributed by atoms with Gasteiger partial charge in [0.05, 0.1) is 5.69 Å². The van der Waals surface area contributed by atoms with Gasteiger partial charge in [-0.3, -0.25) is 9.48 Å². The normalized spacial score (nSPS) is 10.7. The Morgan fingerprint density at radius 1 is 1.15 bits per heavy atom. The van der Waals surface area contributed by atoms with Crippen LogP contribution in [0.5, 0.6) is 5.75 Å². The first-order chi connectivity index (χ1) is 12.9. The lowest BCUT2D eigenvalue weighted by atomic mass is 10.1. The van der Waals surface area contributed by atoms with Crippen LogP contribution in [0.3, 0.4) is 0 Å². The third-order valence-corrected chi connectivity index (χ3v) is 4.47. The minimum absolute atomic E-state index is 0.105. The summed E-state index contributed by atoms with van der Waals surface area (Å²) in [6.07, 6.45) is 1.92. The van der Waals surface area contributed by atoms with E-state index in [1.54, 1.807) is 4.68 Å². The fourth-order valence-corrected chi connectivity index (χ4v) is 3.02. The van der Waals surface area contributed by atoms with Gasteiger partial charge in [-0.25, -0.2) is 0 Å². The maximum atomic E-state index is 12.5. The van der Waals surface area contributed by atoms with Crippen molar-refractivity contribution < 1.29 is 9.53 Å². The van der Waals surface area contributed by atoms with E-state index < -0.39 is 0 Å². The number of aryl methyl sites for hydroxylation is 4. The molecule has 27 heavy (non-hydrogen) atoms. The largest absolute Gasteiger partial charge is 0.489 e. The molecule has 1 amide bonds. The van der Waals surface area contributed by atoms with Gasteiger partial charge in [0.2, 0.25) is 0 Å². The highest BCUT2D eigenvalue weighted by molar-refractivity contribution is 5.94. The maximum Gasteiger partial charge on any atom is 0.251 e. The number of nitrogens with zero attached hydrogens (tertiary/aromatic N) is 2. The standard InChI is InChI=1S/C22H25N3O2/c1-15-8-9-21(16(2)10-15)27-14-18-6-5-7-19(11-18)22(26)23-12-20-13-25(4)24-17(20)3/h5-11,13H,12,14H2,1-4H3,(H,23,26). The van der Waals surface area contributed by atoms with Gasteiger partial charge >= 0.3 is 0 Å². The minimum Gasteiger partial charge on any atom is -0.489 e. The molecule has 3 aromatic rings. The molecular formula is C22H25N3O2. The summed E-state index contributed by atoms with van der Waals surface area (Å²) in [5.74, 6) is 0.758. The second kappa shape index (κ2) is 8.08. The molecule has 0 fully saturated rings. The van der Waals surface area contributed by atoms with Crippen molar-refractivity contribution in [3.63, 3.8) is 0 Å². The highest BCUT2D eigenvalue weighted by atomic mass is 16.5. The Labute approximate surface area is 160 Å². The maximum absolute atomic E-state index is 12.5. The number of carbonyl (C=O) groups is 1. The molecular weight excluding hydrogens is 338 g/mol. The summed E-state index contributed by atoms with van der Waals surface area (Å²) in [5.41, 5.74) is 5.84. The molecule has 0 aliphatic rings. The third-order valence-electron chi connectivity index (χ3n) is 4.47. The van der Waals surface area contributed by atoms with Gasteiger partial charge in [-0.05, 0) is 50.1 Å². The van der Waals surface area contributed by atoms with Gasteiger partial charge in [-0.2, -0.15) is 5.10 Å². The van der Waals surface area contributed by atoms with Crippen LogP contribution < -0.4 is 10.1 Å². The Kier molecular flexibility index (Phi) is 5.60. The van der Waals surface area contributed by atoms with Crippen molar-refractivity contribution in [3.8, 4) is 5.75 Å². The van der Waals surface area contributed by atoms with Gasteiger partial charge in [0.1, 0.15) is 12.4 Å². The van der Waals surface area contributed by atoms with Crippen molar-refractivity contribution >= 4 is 5.91 Å². The number of ether oxygens (including phenoxy) is 1. The number of amides is 1. The summed E-state index contributed by atoms with van der Waals surface area (Å²) in [5, 5.41) is 7.24. The molecule has 2 aromatic carbocycles. The predicted octanol–water partition coefficient (Wildman–Crippen LogP) is 3.85. The van der Waals surface area contributed by atoms with E-state index in [2.05, 4.69) is 23.4 Å². The lowest BCUT2D eigenvalue weighted by Crippen LogP contribution is -2.23. The van der Waals surface area contributed by atoms with Gasteiger partial charge in [-0.15, -0.1) is 0 Å². The average molecular weight is 363 g/mol. The van der Waals surface area contributed by atoms with Crippen LogP contribution in [0, 0.1) is 20.8 Å². The fraction of sp³-hybridized carbons (Fsp3) is 0.273. The number of carbonyl (C=O) groups excluding carboxylic acids is 1. The monoisotopic (exact) mass is 363 g/mol. The third kappa shape index (κ3) is 4.76. The van der Waals surface area contributed by atoms with Crippen LogP contribution >= 0.6 is 0 Å². The molecule has 1 N–H and O–H groups in total. The fourth-order valence-electron chi connectivity index (χ4n) is 3.02.